The minimum atomic E-state index is -0.711. The molecule has 4 rings (SSSR count). The lowest BCUT2D eigenvalue weighted by atomic mass is 9.97. The third-order valence-corrected chi connectivity index (χ3v) is 4.88. The first-order valence-electron chi connectivity index (χ1n) is 8.97. The molecule has 0 aliphatic carbocycles. The zero-order valence-electron chi connectivity index (χ0n) is 14.9. The first-order valence-corrected chi connectivity index (χ1v) is 8.97. The van der Waals surface area contributed by atoms with E-state index in [1.54, 1.807) is 4.90 Å². The van der Waals surface area contributed by atoms with Gasteiger partial charge in [-0.15, -0.1) is 0 Å². The molecule has 0 N–H and O–H groups in total. The molecule has 3 aromatic rings. The van der Waals surface area contributed by atoms with Crippen molar-refractivity contribution in [2.45, 2.75) is 18.8 Å². The highest BCUT2D eigenvalue weighted by Crippen LogP contribution is 2.30. The minimum Gasteiger partial charge on any atom is -0.448 e. The topological polar surface area (TPSA) is 46.3 Å². The Bertz CT molecular complexity index is 1000. The van der Waals surface area contributed by atoms with E-state index in [0.717, 1.165) is 25.0 Å². The maximum absolute atomic E-state index is 14.0. The van der Waals surface area contributed by atoms with Gasteiger partial charge >= 0.3 is 0 Å². The number of hydrogen-bond acceptors (Lipinski definition) is 3. The highest BCUT2D eigenvalue weighted by atomic mass is 19.1. The van der Waals surface area contributed by atoms with Crippen molar-refractivity contribution in [2.24, 2.45) is 0 Å². The highest BCUT2D eigenvalue weighted by Gasteiger charge is 2.28. The van der Waals surface area contributed by atoms with Gasteiger partial charge in [-0.2, -0.15) is 0 Å². The van der Waals surface area contributed by atoms with Crippen molar-refractivity contribution in [2.75, 3.05) is 13.1 Å². The molecule has 7 heteroatoms. The normalized spacial score (nSPS) is 17.0. The van der Waals surface area contributed by atoms with Crippen LogP contribution in [0.5, 0.6) is 0 Å². The van der Waals surface area contributed by atoms with Gasteiger partial charge < -0.3 is 9.32 Å². The Morgan fingerprint density at radius 1 is 1.07 bits per heavy atom. The summed E-state index contributed by atoms with van der Waals surface area (Å²) < 4.78 is 45.7. The molecule has 0 radical (unpaired) electrons. The number of oxazole rings is 1. The molecule has 28 heavy (non-hydrogen) atoms. The molecule has 1 atom stereocenters. The number of halogens is 3. The van der Waals surface area contributed by atoms with E-state index in [-0.39, 0.29) is 23.1 Å². The predicted molar refractivity (Wildman–Crippen MR) is 96.1 cm³/mol. The summed E-state index contributed by atoms with van der Waals surface area (Å²) in [6.45, 7) is 0.995. The molecule has 2 heterocycles. The summed E-state index contributed by atoms with van der Waals surface area (Å²) in [7, 11) is 0. The van der Waals surface area contributed by atoms with Crippen LogP contribution in [0.15, 0.2) is 53.1 Å². The molecule has 0 bridgehead atoms. The van der Waals surface area contributed by atoms with Crippen LogP contribution in [0.4, 0.5) is 13.2 Å². The van der Waals surface area contributed by atoms with Gasteiger partial charge in [-0.3, -0.25) is 4.79 Å². The lowest BCUT2D eigenvalue weighted by molar-refractivity contribution is 0.0698. The fourth-order valence-electron chi connectivity index (χ4n) is 3.43. The number of carbonyl (C=O) groups is 1. The highest BCUT2D eigenvalue weighted by molar-refractivity contribution is 5.94. The summed E-state index contributed by atoms with van der Waals surface area (Å²) >= 11 is 0. The number of piperidine rings is 1. The number of hydrogen-bond donors (Lipinski definition) is 0. The van der Waals surface area contributed by atoms with E-state index in [1.807, 2.05) is 0 Å². The van der Waals surface area contributed by atoms with Gasteiger partial charge in [0.1, 0.15) is 29.4 Å². The Morgan fingerprint density at radius 2 is 1.82 bits per heavy atom. The Balaban J connectivity index is 1.51. The quantitative estimate of drug-likeness (QED) is 0.651. The third-order valence-electron chi connectivity index (χ3n) is 4.88. The number of amides is 1. The molecule has 1 saturated heterocycles. The van der Waals surface area contributed by atoms with Gasteiger partial charge in [0.2, 0.25) is 0 Å². The number of nitrogens with zero attached hydrogens (tertiary/aromatic N) is 2. The van der Waals surface area contributed by atoms with Gasteiger partial charge in [0.15, 0.2) is 5.89 Å². The molecule has 0 saturated carbocycles. The zero-order chi connectivity index (χ0) is 19.7. The molecule has 2 aromatic carbocycles. The average Bonchev–Trinajstić information content (AvgIpc) is 3.18. The maximum atomic E-state index is 14.0. The third kappa shape index (κ3) is 3.65. The van der Waals surface area contributed by atoms with Crippen LogP contribution < -0.4 is 0 Å². The SMILES string of the molecule is O=C(c1ccc(F)cc1)N1CCC[C@H](c2nc(-c3ccc(F)cc3F)co2)C1. The van der Waals surface area contributed by atoms with Gasteiger partial charge in [0.05, 0.1) is 5.92 Å². The molecule has 0 unspecified atom stereocenters. The van der Waals surface area contributed by atoms with Gasteiger partial charge in [0, 0.05) is 30.3 Å². The minimum absolute atomic E-state index is 0.129. The number of benzene rings is 2. The summed E-state index contributed by atoms with van der Waals surface area (Å²) in [5, 5.41) is 0. The van der Waals surface area contributed by atoms with Crippen molar-refractivity contribution in [3.8, 4) is 11.3 Å². The lowest BCUT2D eigenvalue weighted by Gasteiger charge is -2.31. The molecular weight excluding hydrogens is 369 g/mol. The molecule has 4 nitrogen and oxygen atoms in total. The Morgan fingerprint density at radius 3 is 2.57 bits per heavy atom. The lowest BCUT2D eigenvalue weighted by Crippen LogP contribution is -2.39. The van der Waals surface area contributed by atoms with Gasteiger partial charge in [0.25, 0.3) is 5.91 Å². The second kappa shape index (κ2) is 7.50. The molecule has 1 amide bonds. The van der Waals surface area contributed by atoms with E-state index in [9.17, 15) is 18.0 Å². The Labute approximate surface area is 159 Å². The van der Waals surface area contributed by atoms with Crippen LogP contribution in [0.25, 0.3) is 11.3 Å². The first kappa shape index (κ1) is 18.3. The molecule has 144 valence electrons. The van der Waals surface area contributed by atoms with E-state index in [1.165, 1.54) is 36.6 Å². The van der Waals surface area contributed by atoms with E-state index in [0.29, 0.717) is 24.5 Å². The summed E-state index contributed by atoms with van der Waals surface area (Å²) in [5.74, 6) is -1.66. The van der Waals surface area contributed by atoms with E-state index in [4.69, 9.17) is 4.42 Å². The smallest absolute Gasteiger partial charge is 0.253 e. The van der Waals surface area contributed by atoms with Crippen LogP contribution >= 0.6 is 0 Å². The second-order valence-electron chi connectivity index (χ2n) is 6.79. The second-order valence-corrected chi connectivity index (χ2v) is 6.79. The van der Waals surface area contributed by atoms with Crippen LogP contribution in [-0.2, 0) is 0 Å². The zero-order valence-corrected chi connectivity index (χ0v) is 14.9. The largest absolute Gasteiger partial charge is 0.448 e. The Hall–Kier alpha value is -3.09. The van der Waals surface area contributed by atoms with Crippen LogP contribution in [0.2, 0.25) is 0 Å². The average molecular weight is 386 g/mol. The van der Waals surface area contributed by atoms with Gasteiger partial charge in [-0.25, -0.2) is 18.2 Å². The van der Waals surface area contributed by atoms with E-state index in [2.05, 4.69) is 4.98 Å². The first-order chi connectivity index (χ1) is 13.5. The molecule has 1 aliphatic heterocycles. The Kier molecular flexibility index (Phi) is 4.90. The van der Waals surface area contributed by atoms with Crippen LogP contribution in [0.1, 0.15) is 35.0 Å². The fraction of sp³-hybridized carbons (Fsp3) is 0.238. The van der Waals surface area contributed by atoms with Crippen molar-refractivity contribution in [3.63, 3.8) is 0 Å². The number of aromatic nitrogens is 1. The monoisotopic (exact) mass is 386 g/mol. The standard InChI is InChI=1S/C21H17F3N2O2/c22-15-5-3-13(4-6-15)21(27)26-9-1-2-14(11-26)20-25-19(12-28-20)17-8-7-16(23)10-18(17)24/h3-8,10,12,14H,1-2,9,11H2/t14-/m0/s1. The van der Waals surface area contributed by atoms with Crippen molar-refractivity contribution in [3.05, 3.63) is 77.6 Å². The maximum Gasteiger partial charge on any atom is 0.253 e. The number of rotatable bonds is 3. The summed E-state index contributed by atoms with van der Waals surface area (Å²) in [5.41, 5.74) is 0.865. The fourth-order valence-corrected chi connectivity index (χ4v) is 3.43. The van der Waals surface area contributed by atoms with Gasteiger partial charge in [-0.1, -0.05) is 0 Å². The summed E-state index contributed by atoms with van der Waals surface area (Å²) in [4.78, 5) is 18.7. The molecule has 1 aliphatic rings. The van der Waals surface area contributed by atoms with Crippen molar-refractivity contribution < 1.29 is 22.4 Å². The van der Waals surface area contributed by atoms with Crippen molar-refractivity contribution in [1.82, 2.24) is 9.88 Å². The summed E-state index contributed by atoms with van der Waals surface area (Å²) in [6.07, 6.45) is 2.88. The van der Waals surface area contributed by atoms with E-state index >= 15 is 0 Å². The van der Waals surface area contributed by atoms with Crippen LogP contribution in [-0.4, -0.2) is 28.9 Å². The van der Waals surface area contributed by atoms with Crippen LogP contribution in [0.3, 0.4) is 0 Å². The van der Waals surface area contributed by atoms with Crippen molar-refractivity contribution in [1.29, 1.82) is 0 Å². The molecule has 0 spiro atoms. The van der Waals surface area contributed by atoms with Crippen molar-refractivity contribution >= 4 is 5.91 Å². The molecular formula is C21H17F3N2O2. The predicted octanol–water partition coefficient (Wildman–Crippen LogP) is 4.78. The molecule has 1 aromatic heterocycles. The summed E-state index contributed by atoms with van der Waals surface area (Å²) in [6, 6.07) is 8.71. The number of carbonyl (C=O) groups excluding carboxylic acids is 1. The van der Waals surface area contributed by atoms with Crippen LogP contribution in [0, 0.1) is 17.5 Å². The van der Waals surface area contributed by atoms with Gasteiger partial charge in [-0.05, 0) is 49.2 Å². The molecule has 1 fully saturated rings. The van der Waals surface area contributed by atoms with E-state index < -0.39 is 17.5 Å². The number of likely N-dealkylation sites (tertiary alicyclic amines) is 1.